The Hall–Kier alpha value is -1.83. The predicted octanol–water partition coefficient (Wildman–Crippen LogP) is 1.17. The van der Waals surface area contributed by atoms with Gasteiger partial charge in [0, 0.05) is 39.3 Å². The zero-order valence-corrected chi connectivity index (χ0v) is 14.6. The number of ether oxygens (including phenoxy) is 1. The average Bonchev–Trinajstić information content (AvgIpc) is 3.31. The molecule has 0 amide bonds. The second kappa shape index (κ2) is 8.03. The summed E-state index contributed by atoms with van der Waals surface area (Å²) in [4.78, 5) is 4.96. The first kappa shape index (κ1) is 16.6. The number of aromatic nitrogens is 4. The molecule has 2 fully saturated rings. The minimum atomic E-state index is 0.268. The van der Waals surface area contributed by atoms with Gasteiger partial charge in [0.05, 0.1) is 19.2 Å². The van der Waals surface area contributed by atoms with Crippen molar-refractivity contribution in [1.29, 1.82) is 0 Å². The first-order valence-electron chi connectivity index (χ1n) is 9.22. The number of tetrazole rings is 1. The van der Waals surface area contributed by atoms with E-state index in [-0.39, 0.29) is 6.10 Å². The summed E-state index contributed by atoms with van der Waals surface area (Å²) in [6.45, 7) is 7.77. The first-order valence-corrected chi connectivity index (χ1v) is 9.22. The summed E-state index contributed by atoms with van der Waals surface area (Å²) in [6, 6.07) is 10.7. The van der Waals surface area contributed by atoms with Gasteiger partial charge in [0.1, 0.15) is 0 Å². The average molecular weight is 342 g/mol. The fourth-order valence-corrected chi connectivity index (χ4v) is 3.61. The van der Waals surface area contributed by atoms with E-state index in [9.17, 15) is 0 Å². The molecule has 2 aliphatic heterocycles. The first-order chi connectivity index (χ1) is 12.4. The Morgan fingerprint density at radius 1 is 1.00 bits per heavy atom. The Kier molecular flexibility index (Phi) is 5.34. The Labute approximate surface area is 148 Å². The van der Waals surface area contributed by atoms with Crippen molar-refractivity contribution in [1.82, 2.24) is 30.0 Å². The monoisotopic (exact) mass is 342 g/mol. The van der Waals surface area contributed by atoms with Crippen molar-refractivity contribution in [2.24, 2.45) is 0 Å². The minimum Gasteiger partial charge on any atom is -0.376 e. The van der Waals surface area contributed by atoms with Gasteiger partial charge in [0.25, 0.3) is 0 Å². The van der Waals surface area contributed by atoms with Gasteiger partial charge >= 0.3 is 0 Å². The van der Waals surface area contributed by atoms with Gasteiger partial charge in [-0.25, -0.2) is 4.68 Å². The van der Waals surface area contributed by atoms with Gasteiger partial charge < -0.3 is 4.74 Å². The number of rotatable bonds is 6. The van der Waals surface area contributed by atoms with Crippen LogP contribution in [0.5, 0.6) is 0 Å². The van der Waals surface area contributed by atoms with E-state index >= 15 is 0 Å². The maximum Gasteiger partial charge on any atom is 0.165 e. The van der Waals surface area contributed by atoms with Crippen LogP contribution in [0, 0.1) is 0 Å². The summed E-state index contributed by atoms with van der Waals surface area (Å²) in [5, 5.41) is 12.3. The molecule has 1 aromatic carbocycles. The lowest BCUT2D eigenvalue weighted by molar-refractivity contribution is 0.0892. The summed E-state index contributed by atoms with van der Waals surface area (Å²) in [6.07, 6.45) is 2.52. The Bertz CT molecular complexity index is 647. The molecule has 25 heavy (non-hydrogen) atoms. The number of hydrogen-bond acceptors (Lipinski definition) is 6. The van der Waals surface area contributed by atoms with Gasteiger partial charge in [-0.15, -0.1) is 5.10 Å². The molecular formula is C18H26N6O. The van der Waals surface area contributed by atoms with Crippen LogP contribution >= 0.6 is 0 Å². The van der Waals surface area contributed by atoms with Gasteiger partial charge in [-0.05, 0) is 28.8 Å². The highest BCUT2D eigenvalue weighted by Crippen LogP contribution is 2.15. The summed E-state index contributed by atoms with van der Waals surface area (Å²) in [7, 11) is 0. The molecule has 2 aliphatic rings. The van der Waals surface area contributed by atoms with Crippen LogP contribution < -0.4 is 0 Å². The van der Waals surface area contributed by atoms with E-state index in [1.54, 1.807) is 0 Å². The fourth-order valence-electron chi connectivity index (χ4n) is 3.61. The highest BCUT2D eigenvalue weighted by atomic mass is 16.5. The Morgan fingerprint density at radius 3 is 2.48 bits per heavy atom. The molecule has 1 atom stereocenters. The number of benzene rings is 1. The summed E-state index contributed by atoms with van der Waals surface area (Å²) in [5.41, 5.74) is 1.39. The molecule has 2 aromatic rings. The van der Waals surface area contributed by atoms with E-state index < -0.39 is 0 Å². The molecule has 2 saturated heterocycles. The molecule has 3 heterocycles. The Balaban J connectivity index is 1.27. The predicted molar refractivity (Wildman–Crippen MR) is 93.8 cm³/mol. The lowest BCUT2D eigenvalue weighted by Crippen LogP contribution is -2.45. The van der Waals surface area contributed by atoms with Crippen LogP contribution in [0.2, 0.25) is 0 Å². The van der Waals surface area contributed by atoms with E-state index in [4.69, 9.17) is 4.74 Å². The quantitative estimate of drug-likeness (QED) is 0.785. The highest BCUT2D eigenvalue weighted by molar-refractivity contribution is 5.14. The zero-order chi connectivity index (χ0) is 16.9. The summed E-state index contributed by atoms with van der Waals surface area (Å²) >= 11 is 0. The van der Waals surface area contributed by atoms with Gasteiger partial charge in [-0.3, -0.25) is 9.80 Å². The number of nitrogens with zero attached hydrogens (tertiary/aromatic N) is 6. The smallest absolute Gasteiger partial charge is 0.165 e. The van der Waals surface area contributed by atoms with E-state index in [0.29, 0.717) is 0 Å². The number of piperazine rings is 1. The SMILES string of the molecule is c1ccc(CN2CCN(Cc3nnnn3C[C@@H]3CCCO3)CC2)cc1. The highest BCUT2D eigenvalue weighted by Gasteiger charge is 2.22. The van der Waals surface area contributed by atoms with Gasteiger partial charge in [0.2, 0.25) is 0 Å². The van der Waals surface area contributed by atoms with Gasteiger partial charge in [0.15, 0.2) is 5.82 Å². The van der Waals surface area contributed by atoms with Crippen molar-refractivity contribution >= 4 is 0 Å². The molecule has 134 valence electrons. The van der Waals surface area contributed by atoms with Gasteiger partial charge in [-0.1, -0.05) is 30.3 Å². The second-order valence-electron chi connectivity index (χ2n) is 6.95. The van der Waals surface area contributed by atoms with Crippen molar-refractivity contribution in [2.45, 2.75) is 38.6 Å². The standard InChI is InChI=1S/C18H26N6O/c1-2-5-16(6-3-1)13-22-8-10-23(11-9-22)15-18-19-20-21-24(18)14-17-7-4-12-25-17/h1-3,5-6,17H,4,7-15H2/t17-/m0/s1. The summed E-state index contributed by atoms with van der Waals surface area (Å²) in [5.74, 6) is 0.951. The molecule has 4 rings (SSSR count). The largest absolute Gasteiger partial charge is 0.376 e. The molecule has 0 radical (unpaired) electrons. The fraction of sp³-hybridized carbons (Fsp3) is 0.611. The van der Waals surface area contributed by atoms with Crippen molar-refractivity contribution in [3.05, 3.63) is 41.7 Å². The van der Waals surface area contributed by atoms with Crippen LogP contribution in [0.3, 0.4) is 0 Å². The van der Waals surface area contributed by atoms with Crippen molar-refractivity contribution in [2.75, 3.05) is 32.8 Å². The van der Waals surface area contributed by atoms with E-state index in [1.165, 1.54) is 5.56 Å². The van der Waals surface area contributed by atoms with E-state index in [1.807, 2.05) is 4.68 Å². The van der Waals surface area contributed by atoms with Crippen LogP contribution in [0.1, 0.15) is 24.2 Å². The third-order valence-electron chi connectivity index (χ3n) is 5.09. The van der Waals surface area contributed by atoms with E-state index in [0.717, 1.165) is 71.1 Å². The van der Waals surface area contributed by atoms with Gasteiger partial charge in [-0.2, -0.15) is 0 Å². The second-order valence-corrected chi connectivity index (χ2v) is 6.95. The molecule has 7 heteroatoms. The molecule has 1 aromatic heterocycles. The summed E-state index contributed by atoms with van der Waals surface area (Å²) < 4.78 is 7.63. The third-order valence-corrected chi connectivity index (χ3v) is 5.09. The van der Waals surface area contributed by atoms with Crippen LogP contribution in [0.4, 0.5) is 0 Å². The molecule has 0 bridgehead atoms. The normalized spacial score (nSPS) is 22.5. The third kappa shape index (κ3) is 4.42. The molecule has 0 unspecified atom stereocenters. The molecule has 0 aliphatic carbocycles. The van der Waals surface area contributed by atoms with Crippen molar-refractivity contribution < 1.29 is 4.74 Å². The zero-order valence-electron chi connectivity index (χ0n) is 14.6. The molecule has 7 nitrogen and oxygen atoms in total. The molecule has 0 N–H and O–H groups in total. The van der Waals surface area contributed by atoms with Crippen LogP contribution in [-0.4, -0.2) is 68.9 Å². The maximum atomic E-state index is 5.71. The van der Waals surface area contributed by atoms with Crippen LogP contribution in [0.25, 0.3) is 0 Å². The molecule has 0 spiro atoms. The Morgan fingerprint density at radius 2 is 1.76 bits per heavy atom. The minimum absolute atomic E-state index is 0.268. The van der Waals surface area contributed by atoms with Crippen LogP contribution in [0.15, 0.2) is 30.3 Å². The lowest BCUT2D eigenvalue weighted by Gasteiger charge is -2.34. The van der Waals surface area contributed by atoms with Crippen molar-refractivity contribution in [3.8, 4) is 0 Å². The lowest BCUT2D eigenvalue weighted by atomic mass is 10.2. The molecule has 0 saturated carbocycles. The topological polar surface area (TPSA) is 59.3 Å². The molecular weight excluding hydrogens is 316 g/mol. The number of hydrogen-bond donors (Lipinski definition) is 0. The maximum absolute atomic E-state index is 5.71. The van der Waals surface area contributed by atoms with E-state index in [2.05, 4.69) is 55.7 Å². The van der Waals surface area contributed by atoms with Crippen LogP contribution in [-0.2, 0) is 24.4 Å². The van der Waals surface area contributed by atoms with Crippen molar-refractivity contribution in [3.63, 3.8) is 0 Å².